The van der Waals surface area contributed by atoms with E-state index in [1.54, 1.807) is 6.07 Å². The van der Waals surface area contributed by atoms with Gasteiger partial charge in [-0.1, -0.05) is 172 Å². The van der Waals surface area contributed by atoms with Crippen LogP contribution < -0.4 is 14.6 Å². The Morgan fingerprint density at radius 2 is 0.825 bits per heavy atom. The zero-order valence-electron chi connectivity index (χ0n) is 37.7. The van der Waals surface area contributed by atoms with Gasteiger partial charge in [0.05, 0.1) is 0 Å². The third kappa shape index (κ3) is 24.3. The quantitative estimate of drug-likeness (QED) is 0.0291. The van der Waals surface area contributed by atoms with Crippen molar-refractivity contribution in [3.8, 4) is 34.5 Å². The van der Waals surface area contributed by atoms with E-state index in [4.69, 9.17) is 14.0 Å². The van der Waals surface area contributed by atoms with Crippen molar-refractivity contribution in [1.29, 1.82) is 0 Å². The smallest absolute Gasteiger partial charge is 0.872 e. The van der Waals surface area contributed by atoms with E-state index in [0.29, 0.717) is 17.2 Å². The molecule has 0 spiro atoms. The molecule has 0 amide bonds. The van der Waals surface area contributed by atoms with Gasteiger partial charge in [-0.3, -0.25) is 4.55 Å². The number of unbranched alkanes of at least 4 members (excludes halogenated alkanes) is 20. The molecule has 0 heterocycles. The van der Waals surface area contributed by atoms with Gasteiger partial charge in [-0.15, -0.1) is 0 Å². The van der Waals surface area contributed by atoms with Gasteiger partial charge in [-0.2, -0.15) is 8.42 Å². The van der Waals surface area contributed by atoms with Gasteiger partial charge in [0.25, 0.3) is 10.1 Å². The van der Waals surface area contributed by atoms with Crippen LogP contribution in [0.2, 0.25) is 0 Å². The molecule has 10 nitrogen and oxygen atoms in total. The molecule has 4 aromatic rings. The van der Waals surface area contributed by atoms with Gasteiger partial charge in [0, 0.05) is 11.0 Å². The minimum atomic E-state index is -4.77. The molecule has 13 heteroatoms. The minimum Gasteiger partial charge on any atom is -0.872 e. The molecule has 344 valence electrons. The average molecular weight is 935 g/mol. The summed E-state index contributed by atoms with van der Waals surface area (Å²) in [6.07, 6.45) is 30.9. The van der Waals surface area contributed by atoms with E-state index in [9.17, 15) is 31.6 Å². The minimum absolute atomic E-state index is 0. The molecule has 4 aromatic carbocycles. The molecule has 0 atom stereocenters. The number of aromatic hydroxyl groups is 1. The summed E-state index contributed by atoms with van der Waals surface area (Å²) in [6.45, 7) is 4.50. The molecule has 0 radical (unpaired) electrons. The molecule has 0 saturated heterocycles. The normalized spacial score (nSPS) is 11.4. The Labute approximate surface area is 408 Å². The van der Waals surface area contributed by atoms with Gasteiger partial charge >= 0.3 is 37.7 Å². The Morgan fingerprint density at radius 1 is 0.476 bits per heavy atom. The first-order valence-corrected chi connectivity index (χ1v) is 25.8. The van der Waals surface area contributed by atoms with Crippen LogP contribution in [0.25, 0.3) is 0 Å². The molecule has 0 aliphatic rings. The maximum Gasteiger partial charge on any atom is 2.00 e. The zero-order chi connectivity index (χ0) is 45.1. The molecule has 0 unspecified atom stereocenters. The molecular formula is C50H70CaO10S2. The van der Waals surface area contributed by atoms with E-state index < -0.39 is 41.5 Å². The molecule has 0 aliphatic heterocycles. The van der Waals surface area contributed by atoms with Crippen molar-refractivity contribution in [2.75, 3.05) is 0 Å². The van der Waals surface area contributed by atoms with Crippen LogP contribution in [0, 0.1) is 0 Å². The Hall–Kier alpha value is -2.84. The summed E-state index contributed by atoms with van der Waals surface area (Å²) in [4.78, 5) is -1.30. The van der Waals surface area contributed by atoms with Gasteiger partial charge in [0.1, 0.15) is 43.8 Å². The van der Waals surface area contributed by atoms with Crippen LogP contribution in [0.15, 0.2) is 94.7 Å². The molecule has 0 aliphatic carbocycles. The second kappa shape index (κ2) is 31.9. The second-order valence-corrected chi connectivity index (χ2v) is 19.0. The Morgan fingerprint density at radius 3 is 1.17 bits per heavy atom. The third-order valence-electron chi connectivity index (χ3n) is 10.8. The van der Waals surface area contributed by atoms with E-state index in [-0.39, 0.29) is 43.5 Å². The molecular weight excluding hydrogens is 865 g/mol. The number of phenolic OH excluding ortho intramolecular Hbond substituents is 1. The van der Waals surface area contributed by atoms with Gasteiger partial charge in [-0.25, -0.2) is 8.42 Å². The molecule has 4 rings (SSSR count). The zero-order valence-corrected chi connectivity index (χ0v) is 41.6. The van der Waals surface area contributed by atoms with E-state index >= 15 is 0 Å². The number of rotatable bonds is 30. The van der Waals surface area contributed by atoms with Crippen LogP contribution in [-0.4, -0.2) is 68.8 Å². The van der Waals surface area contributed by atoms with E-state index in [1.807, 2.05) is 30.3 Å². The predicted molar refractivity (Wildman–Crippen MR) is 251 cm³/mol. The molecule has 0 saturated carbocycles. The number of benzene rings is 4. The summed E-state index contributed by atoms with van der Waals surface area (Å²) in [5.74, 6) is 0.319. The summed E-state index contributed by atoms with van der Waals surface area (Å²) in [5, 5.41) is 21.6. The molecule has 0 aromatic heterocycles. The molecule has 0 bridgehead atoms. The SMILES string of the molecule is CCCCCCCCCCCCCc1cccc(Oc2ccc(S(=O)(=O)O)c(O)c2)c1.CCCCCCCCCCCCCc1cccc(Oc2ccc(S(=O)(=O)[O-])c([O-])c2)c1.[Ca+2]. The fraction of sp³-hybridized carbons (Fsp3) is 0.520. The fourth-order valence-electron chi connectivity index (χ4n) is 7.33. The maximum atomic E-state index is 11.8. The summed E-state index contributed by atoms with van der Waals surface area (Å²) in [5.41, 5.74) is 2.35. The van der Waals surface area contributed by atoms with Crippen LogP contribution in [-0.2, 0) is 33.1 Å². The number of hydrogen-bond acceptors (Lipinski definition) is 9. The standard InChI is InChI=1S/2C25H36O5S.Ca/c2*1-2-3-4-5-6-7-8-9-10-11-12-14-21-15-13-16-22(19-21)30-23-17-18-25(24(26)20-23)31(27,28)29;/h2*13,15-20,26H,2-12,14H2,1H3,(H,27,28,29);/q;;+2/p-2. The van der Waals surface area contributed by atoms with Crippen LogP contribution in [0.3, 0.4) is 0 Å². The summed E-state index contributed by atoms with van der Waals surface area (Å²) in [7, 11) is -9.23. The predicted octanol–water partition coefficient (Wildman–Crippen LogP) is 13.2. The summed E-state index contributed by atoms with van der Waals surface area (Å²) >= 11 is 0. The number of hydrogen-bond donors (Lipinski definition) is 2. The summed E-state index contributed by atoms with van der Waals surface area (Å²) in [6, 6.07) is 22.5. The number of aryl methyl sites for hydroxylation is 2. The Balaban J connectivity index is 0.000000427. The molecule has 2 N–H and O–H groups in total. The first-order chi connectivity index (χ1) is 29.8. The van der Waals surface area contributed by atoms with Crippen molar-refractivity contribution in [3.05, 3.63) is 96.1 Å². The van der Waals surface area contributed by atoms with Crippen LogP contribution in [0.1, 0.15) is 166 Å². The first kappa shape index (κ1) is 56.3. The monoisotopic (exact) mass is 934 g/mol. The second-order valence-electron chi connectivity index (χ2n) is 16.2. The summed E-state index contributed by atoms with van der Waals surface area (Å²) < 4.78 is 75.9. The molecule has 0 fully saturated rings. The Kier molecular flexibility index (Phi) is 28.5. The van der Waals surface area contributed by atoms with Crippen molar-refractivity contribution in [2.24, 2.45) is 0 Å². The van der Waals surface area contributed by atoms with Crippen LogP contribution >= 0.6 is 0 Å². The van der Waals surface area contributed by atoms with Gasteiger partial charge in [0.15, 0.2) is 0 Å². The largest absolute Gasteiger partial charge is 2.00 e. The van der Waals surface area contributed by atoms with Crippen molar-refractivity contribution < 1.29 is 45.6 Å². The van der Waals surface area contributed by atoms with Gasteiger partial charge < -0.3 is 24.2 Å². The first-order valence-electron chi connectivity index (χ1n) is 22.9. The Bertz CT molecular complexity index is 1940. The van der Waals surface area contributed by atoms with Crippen LogP contribution in [0.4, 0.5) is 0 Å². The van der Waals surface area contributed by atoms with E-state index in [0.717, 1.165) is 49.4 Å². The number of phenols is 1. The van der Waals surface area contributed by atoms with Crippen LogP contribution in [0.5, 0.6) is 34.5 Å². The van der Waals surface area contributed by atoms with Gasteiger partial charge in [-0.05, 0) is 91.4 Å². The van der Waals surface area contributed by atoms with Crippen molar-refractivity contribution in [3.63, 3.8) is 0 Å². The fourth-order valence-corrected chi connectivity index (χ4v) is 8.43. The third-order valence-corrected chi connectivity index (χ3v) is 12.6. The van der Waals surface area contributed by atoms with Crippen molar-refractivity contribution >= 4 is 58.0 Å². The maximum absolute atomic E-state index is 11.8. The van der Waals surface area contributed by atoms with Gasteiger partial charge in [0.2, 0.25) is 0 Å². The topological polar surface area (TPSA) is 173 Å². The van der Waals surface area contributed by atoms with Crippen molar-refractivity contribution in [1.82, 2.24) is 0 Å². The average Bonchev–Trinajstić information content (AvgIpc) is 3.21. The van der Waals surface area contributed by atoms with E-state index in [1.165, 1.54) is 152 Å². The molecule has 63 heavy (non-hydrogen) atoms. The van der Waals surface area contributed by atoms with Crippen molar-refractivity contribution in [2.45, 2.75) is 178 Å². The van der Waals surface area contributed by atoms with E-state index in [2.05, 4.69) is 26.0 Å². The number of ether oxygens (including phenoxy) is 2.